The van der Waals surface area contributed by atoms with Crippen LogP contribution in [0.15, 0.2) is 81.9 Å². The number of carbonyl (C=O) groups is 1. The summed E-state index contributed by atoms with van der Waals surface area (Å²) in [5, 5.41) is 4.22. The van der Waals surface area contributed by atoms with E-state index >= 15 is 0 Å². The lowest BCUT2D eigenvalue weighted by molar-refractivity contribution is -0.139. The normalized spacial score (nSPS) is 23.9. The third kappa shape index (κ3) is 3.78. The van der Waals surface area contributed by atoms with Gasteiger partial charge in [0.05, 0.1) is 23.1 Å². The molecular weight excluding hydrogens is 447 g/mol. The predicted molar refractivity (Wildman–Crippen MR) is 116 cm³/mol. The molecule has 0 N–H and O–H groups in total. The van der Waals surface area contributed by atoms with Crippen molar-refractivity contribution in [3.63, 3.8) is 0 Å². The summed E-state index contributed by atoms with van der Waals surface area (Å²) in [7, 11) is -0.508. The second-order valence-corrected chi connectivity index (χ2v) is 11.0. The van der Waals surface area contributed by atoms with E-state index in [1.807, 2.05) is 6.92 Å². The van der Waals surface area contributed by atoms with Crippen LogP contribution >= 0.6 is 7.26 Å². The summed E-state index contributed by atoms with van der Waals surface area (Å²) in [5.74, 6) is 0.181. The number of carbonyl (C=O) groups excluding carboxylic acids is 1. The smallest absolute Gasteiger partial charge is 0.324 e. The number of hydrogen-bond donors (Lipinski definition) is 0. The van der Waals surface area contributed by atoms with Crippen molar-refractivity contribution < 1.29 is 31.2 Å². The van der Waals surface area contributed by atoms with E-state index in [4.69, 9.17) is 9.47 Å². The first kappa shape index (κ1) is 22.1. The standard InChI is InChI=1S/C24H28O3P.BrH/c1-18-22(26-2)24(27-23(18)25)28(19-12-6-3-7-13-19,20-14-8-4-9-15-20)21-16-10-5-11-17-21;/h3-6,8,10,13,15,17-18H,7,9,11-12,14,16H2,1-2H3;1H/q+1;/p-1. The molecule has 0 amide bonds. The van der Waals surface area contributed by atoms with Crippen LogP contribution in [0.25, 0.3) is 0 Å². The highest BCUT2D eigenvalue weighted by Crippen LogP contribution is 2.86. The zero-order valence-electron chi connectivity index (χ0n) is 17.1. The molecule has 0 bridgehead atoms. The zero-order chi connectivity index (χ0) is 19.6. The number of ether oxygens (including phenoxy) is 2. The van der Waals surface area contributed by atoms with Gasteiger partial charge in [0.2, 0.25) is 0 Å². The van der Waals surface area contributed by atoms with Gasteiger partial charge in [-0.15, -0.1) is 0 Å². The molecular formula is C24H28BrO3P. The van der Waals surface area contributed by atoms with Crippen molar-refractivity contribution in [3.05, 3.63) is 81.9 Å². The number of esters is 1. The number of rotatable bonds is 5. The van der Waals surface area contributed by atoms with Crippen LogP contribution in [0.4, 0.5) is 0 Å². The number of halogens is 1. The largest absolute Gasteiger partial charge is 1.00 e. The Morgan fingerprint density at radius 2 is 1.31 bits per heavy atom. The molecule has 0 aromatic rings. The van der Waals surface area contributed by atoms with Crippen LogP contribution in [-0.4, -0.2) is 13.1 Å². The molecule has 0 aromatic heterocycles. The number of cyclic esters (lactones) is 1. The fourth-order valence-corrected chi connectivity index (χ4v) is 9.56. The van der Waals surface area contributed by atoms with Crippen molar-refractivity contribution in [1.29, 1.82) is 0 Å². The summed E-state index contributed by atoms with van der Waals surface area (Å²) in [6.45, 7) is 1.89. The SMILES string of the molecule is COC1=C([P+](C2=CCC=CC2)(C2=CCC=CC2)C2=CCC=CC2)OC(=O)C1C.[Br-]. The Hall–Kier alpha value is -1.64. The highest BCUT2D eigenvalue weighted by atomic mass is 79.9. The molecule has 3 nitrogen and oxygen atoms in total. The summed E-state index contributed by atoms with van der Waals surface area (Å²) in [4.78, 5) is 12.6. The molecule has 1 heterocycles. The first-order chi connectivity index (χ1) is 13.7. The highest BCUT2D eigenvalue weighted by Gasteiger charge is 2.60. The van der Waals surface area contributed by atoms with Gasteiger partial charge in [-0.1, -0.05) is 36.5 Å². The Labute approximate surface area is 184 Å². The number of allylic oxidation sites excluding steroid dienone is 12. The maximum atomic E-state index is 12.6. The van der Waals surface area contributed by atoms with Gasteiger partial charge >= 0.3 is 11.5 Å². The van der Waals surface area contributed by atoms with E-state index in [2.05, 4.69) is 54.7 Å². The lowest BCUT2D eigenvalue weighted by atomic mass is 10.2. The van der Waals surface area contributed by atoms with Gasteiger partial charge in [0.15, 0.2) is 13.0 Å². The fraction of sp³-hybridized carbons (Fsp3) is 0.375. The van der Waals surface area contributed by atoms with E-state index in [0.29, 0.717) is 0 Å². The number of hydrogen-bond acceptors (Lipinski definition) is 3. The molecule has 4 rings (SSSR count). The minimum absolute atomic E-state index is 0. The molecule has 0 spiro atoms. The minimum atomic E-state index is -2.18. The molecule has 1 atom stereocenters. The van der Waals surface area contributed by atoms with Gasteiger partial charge in [-0.05, 0) is 44.4 Å². The Morgan fingerprint density at radius 1 is 0.862 bits per heavy atom. The highest BCUT2D eigenvalue weighted by molar-refractivity contribution is 7.90. The molecule has 0 fully saturated rings. The van der Waals surface area contributed by atoms with Crippen LogP contribution in [-0.2, 0) is 14.3 Å². The van der Waals surface area contributed by atoms with Crippen molar-refractivity contribution >= 4 is 13.2 Å². The van der Waals surface area contributed by atoms with E-state index in [1.165, 1.54) is 15.9 Å². The minimum Gasteiger partial charge on any atom is -1.00 e. The van der Waals surface area contributed by atoms with Crippen LogP contribution < -0.4 is 17.0 Å². The van der Waals surface area contributed by atoms with Crippen LogP contribution in [0, 0.1) is 5.92 Å². The number of methoxy groups -OCH3 is 1. The molecule has 0 saturated heterocycles. The molecule has 0 saturated carbocycles. The van der Waals surface area contributed by atoms with E-state index in [-0.39, 0.29) is 28.9 Å². The molecule has 4 aliphatic rings. The fourth-order valence-electron chi connectivity index (χ4n) is 4.55. The molecule has 5 heteroatoms. The summed E-state index contributed by atoms with van der Waals surface area (Å²) < 4.78 is 11.9. The van der Waals surface area contributed by atoms with Crippen molar-refractivity contribution in [1.82, 2.24) is 0 Å². The molecule has 1 aliphatic heterocycles. The lowest BCUT2D eigenvalue weighted by Crippen LogP contribution is -3.00. The quantitative estimate of drug-likeness (QED) is 0.346. The van der Waals surface area contributed by atoms with E-state index in [0.717, 1.165) is 49.8 Å². The molecule has 0 aromatic carbocycles. The Balaban J connectivity index is 0.00000240. The van der Waals surface area contributed by atoms with E-state index in [1.54, 1.807) is 7.11 Å². The first-order valence-corrected chi connectivity index (χ1v) is 11.9. The summed E-state index contributed by atoms with van der Waals surface area (Å²) in [5.41, 5.74) is 0.803. The second kappa shape index (κ2) is 9.45. The Bertz CT molecular complexity index is 807. The van der Waals surface area contributed by atoms with Crippen molar-refractivity contribution in [2.45, 2.75) is 45.4 Å². The van der Waals surface area contributed by atoms with Gasteiger partial charge in [0.25, 0.3) is 0 Å². The van der Waals surface area contributed by atoms with E-state index < -0.39 is 7.26 Å². The average Bonchev–Trinajstić information content (AvgIpc) is 3.05. The molecule has 29 heavy (non-hydrogen) atoms. The third-order valence-corrected chi connectivity index (χ3v) is 10.5. The second-order valence-electron chi connectivity index (χ2n) is 7.51. The maximum Gasteiger partial charge on any atom is 0.324 e. The van der Waals surface area contributed by atoms with Crippen molar-refractivity contribution in [2.24, 2.45) is 5.92 Å². The third-order valence-electron chi connectivity index (χ3n) is 5.92. The Morgan fingerprint density at radius 3 is 1.66 bits per heavy atom. The Kier molecular flexibility index (Phi) is 7.19. The summed E-state index contributed by atoms with van der Waals surface area (Å²) in [6, 6.07) is 0. The van der Waals surface area contributed by atoms with Gasteiger partial charge in [0.1, 0.15) is 5.92 Å². The van der Waals surface area contributed by atoms with Gasteiger partial charge < -0.3 is 26.5 Å². The summed E-state index contributed by atoms with van der Waals surface area (Å²) in [6.07, 6.45) is 26.0. The average molecular weight is 475 g/mol. The van der Waals surface area contributed by atoms with Gasteiger partial charge in [0, 0.05) is 19.3 Å². The van der Waals surface area contributed by atoms with Gasteiger partial charge in [-0.3, -0.25) is 4.79 Å². The van der Waals surface area contributed by atoms with E-state index in [9.17, 15) is 4.79 Å². The van der Waals surface area contributed by atoms with Crippen molar-refractivity contribution in [2.75, 3.05) is 7.11 Å². The maximum absolute atomic E-state index is 12.6. The molecule has 3 aliphatic carbocycles. The zero-order valence-corrected chi connectivity index (χ0v) is 19.5. The van der Waals surface area contributed by atoms with Gasteiger partial charge in [-0.25, -0.2) is 0 Å². The van der Waals surface area contributed by atoms with Crippen molar-refractivity contribution in [3.8, 4) is 0 Å². The predicted octanol–water partition coefficient (Wildman–Crippen LogP) is 3.72. The summed E-state index contributed by atoms with van der Waals surface area (Å²) >= 11 is 0. The molecule has 154 valence electrons. The van der Waals surface area contributed by atoms with Gasteiger partial charge in [-0.2, -0.15) is 0 Å². The topological polar surface area (TPSA) is 35.5 Å². The molecule has 0 radical (unpaired) electrons. The molecule has 1 unspecified atom stereocenters. The van der Waals surface area contributed by atoms with Crippen LogP contribution in [0.5, 0.6) is 0 Å². The monoisotopic (exact) mass is 474 g/mol. The lowest BCUT2D eigenvalue weighted by Gasteiger charge is -2.33. The van der Waals surface area contributed by atoms with Crippen LogP contribution in [0.2, 0.25) is 0 Å². The van der Waals surface area contributed by atoms with Crippen LogP contribution in [0.3, 0.4) is 0 Å². The van der Waals surface area contributed by atoms with Crippen LogP contribution in [0.1, 0.15) is 45.4 Å². The first-order valence-electron chi connectivity index (χ1n) is 10.1.